The minimum absolute atomic E-state index is 0. The molecule has 1 aromatic rings. The van der Waals surface area contributed by atoms with Gasteiger partial charge in [-0.15, -0.1) is 24.0 Å². The third-order valence-electron chi connectivity index (χ3n) is 4.42. The Kier molecular flexibility index (Phi) is 11.4. The number of guanidine groups is 1. The molecule has 0 heterocycles. The van der Waals surface area contributed by atoms with E-state index in [0.29, 0.717) is 12.5 Å². The van der Waals surface area contributed by atoms with Crippen molar-refractivity contribution >= 4 is 35.8 Å². The molecule has 0 aliphatic carbocycles. The molecule has 2 N–H and O–H groups in total. The zero-order chi connectivity index (χ0) is 19.7. The number of ether oxygens (including phenoxy) is 1. The number of carbonyl (C=O) groups excluding carboxylic acids is 1. The highest BCUT2D eigenvalue weighted by molar-refractivity contribution is 14.0. The molecule has 0 aromatic heterocycles. The summed E-state index contributed by atoms with van der Waals surface area (Å²) in [6.45, 7) is 9.34. The van der Waals surface area contributed by atoms with Crippen molar-refractivity contribution in [2.75, 3.05) is 34.3 Å². The van der Waals surface area contributed by atoms with Crippen LogP contribution < -0.4 is 15.4 Å². The van der Waals surface area contributed by atoms with E-state index in [9.17, 15) is 4.79 Å². The van der Waals surface area contributed by atoms with Crippen LogP contribution in [-0.2, 0) is 10.2 Å². The molecule has 0 radical (unpaired) electrons. The Morgan fingerprint density at radius 1 is 1.33 bits per heavy atom. The van der Waals surface area contributed by atoms with Crippen molar-refractivity contribution in [1.82, 2.24) is 15.5 Å². The normalized spacial score (nSPS) is 12.6. The zero-order valence-corrected chi connectivity index (χ0v) is 20.0. The van der Waals surface area contributed by atoms with Crippen molar-refractivity contribution in [3.63, 3.8) is 0 Å². The van der Waals surface area contributed by atoms with E-state index < -0.39 is 0 Å². The maximum atomic E-state index is 11.8. The van der Waals surface area contributed by atoms with Crippen molar-refractivity contribution < 1.29 is 9.53 Å². The summed E-state index contributed by atoms with van der Waals surface area (Å²) < 4.78 is 5.33. The molecule has 0 aliphatic rings. The van der Waals surface area contributed by atoms with Crippen LogP contribution in [0.15, 0.2) is 29.3 Å². The number of aliphatic imine (C=N–C) groups is 1. The number of hydrogen-bond acceptors (Lipinski definition) is 3. The minimum Gasteiger partial charge on any atom is -0.497 e. The lowest BCUT2D eigenvalue weighted by Crippen LogP contribution is -2.46. The van der Waals surface area contributed by atoms with E-state index in [4.69, 9.17) is 4.74 Å². The molecule has 0 spiro atoms. The number of likely N-dealkylation sites (N-methyl/N-ethyl adjacent to an activating group) is 1. The summed E-state index contributed by atoms with van der Waals surface area (Å²) >= 11 is 0. The molecule has 0 fully saturated rings. The Balaban J connectivity index is 0.00000676. The molecule has 1 amide bonds. The van der Waals surface area contributed by atoms with E-state index in [0.717, 1.165) is 12.2 Å². The molecule has 0 saturated heterocycles. The number of benzene rings is 1. The van der Waals surface area contributed by atoms with Crippen molar-refractivity contribution in [1.29, 1.82) is 0 Å². The number of rotatable bonds is 8. The number of halogens is 1. The highest BCUT2D eigenvalue weighted by Crippen LogP contribution is 2.25. The van der Waals surface area contributed by atoms with Crippen LogP contribution in [-0.4, -0.2) is 57.1 Å². The Hall–Kier alpha value is -1.51. The number of carbonyl (C=O) groups is 1. The van der Waals surface area contributed by atoms with Gasteiger partial charge >= 0.3 is 0 Å². The van der Waals surface area contributed by atoms with Crippen LogP contribution in [0.1, 0.15) is 39.7 Å². The second-order valence-electron chi connectivity index (χ2n) is 7.38. The fourth-order valence-electron chi connectivity index (χ4n) is 2.23. The SMILES string of the molecule is CCC(C)NC(=NCC(=O)N(C)C)NCC(C)(C)c1cccc(OC)c1.I. The second-order valence-corrected chi connectivity index (χ2v) is 7.38. The van der Waals surface area contributed by atoms with E-state index in [1.807, 2.05) is 12.1 Å². The maximum Gasteiger partial charge on any atom is 0.243 e. The molecule has 7 heteroatoms. The van der Waals surface area contributed by atoms with Gasteiger partial charge in [-0.2, -0.15) is 0 Å². The first kappa shape index (κ1) is 25.5. The number of methoxy groups -OCH3 is 1. The molecule has 0 saturated carbocycles. The molecular weight excluding hydrogens is 455 g/mol. The molecule has 154 valence electrons. The molecule has 1 atom stereocenters. The van der Waals surface area contributed by atoms with Crippen molar-refractivity contribution in [2.45, 2.75) is 45.6 Å². The Labute approximate surface area is 181 Å². The standard InChI is InChI=1S/C20H34N4O2.HI/c1-8-15(2)23-19(21-13-18(25)24(5)6)22-14-20(3,4)16-10-9-11-17(12-16)26-7;/h9-12,15H,8,13-14H2,1-7H3,(H2,21,22,23);1H. The molecule has 6 nitrogen and oxygen atoms in total. The third kappa shape index (κ3) is 8.81. The molecule has 1 aromatic carbocycles. The first-order valence-electron chi connectivity index (χ1n) is 9.09. The highest BCUT2D eigenvalue weighted by Gasteiger charge is 2.22. The van der Waals surface area contributed by atoms with E-state index in [1.165, 1.54) is 5.56 Å². The van der Waals surface area contributed by atoms with Crippen LogP contribution in [0.25, 0.3) is 0 Å². The summed E-state index contributed by atoms with van der Waals surface area (Å²) in [6.07, 6.45) is 0.974. The highest BCUT2D eigenvalue weighted by atomic mass is 127. The molecule has 27 heavy (non-hydrogen) atoms. The van der Waals surface area contributed by atoms with Gasteiger partial charge in [0, 0.05) is 32.1 Å². The van der Waals surface area contributed by atoms with Crippen LogP contribution in [0.2, 0.25) is 0 Å². The predicted octanol–water partition coefficient (Wildman–Crippen LogP) is 3.01. The lowest BCUT2D eigenvalue weighted by atomic mass is 9.84. The van der Waals surface area contributed by atoms with E-state index in [2.05, 4.69) is 55.5 Å². The minimum atomic E-state index is -0.127. The van der Waals surface area contributed by atoms with Crippen LogP contribution in [0.4, 0.5) is 0 Å². The topological polar surface area (TPSA) is 66.0 Å². The van der Waals surface area contributed by atoms with Gasteiger partial charge in [0.05, 0.1) is 7.11 Å². The third-order valence-corrected chi connectivity index (χ3v) is 4.42. The summed E-state index contributed by atoms with van der Waals surface area (Å²) in [7, 11) is 5.14. The van der Waals surface area contributed by atoms with E-state index in [1.54, 1.807) is 26.1 Å². The summed E-state index contributed by atoms with van der Waals surface area (Å²) in [4.78, 5) is 17.8. The first-order valence-corrected chi connectivity index (χ1v) is 9.09. The van der Waals surface area contributed by atoms with Gasteiger partial charge in [-0.05, 0) is 31.0 Å². The molecule has 0 bridgehead atoms. The van der Waals surface area contributed by atoms with Crippen LogP contribution in [0, 0.1) is 0 Å². The number of nitrogens with one attached hydrogen (secondary N) is 2. The Morgan fingerprint density at radius 3 is 2.56 bits per heavy atom. The lowest BCUT2D eigenvalue weighted by molar-refractivity contribution is -0.127. The van der Waals surface area contributed by atoms with Gasteiger partial charge in [0.2, 0.25) is 5.91 Å². The van der Waals surface area contributed by atoms with E-state index in [-0.39, 0.29) is 47.9 Å². The fourth-order valence-corrected chi connectivity index (χ4v) is 2.23. The average molecular weight is 490 g/mol. The van der Waals surface area contributed by atoms with Gasteiger partial charge < -0.3 is 20.3 Å². The second kappa shape index (κ2) is 12.0. The summed E-state index contributed by atoms with van der Waals surface area (Å²) in [6, 6.07) is 8.36. The monoisotopic (exact) mass is 490 g/mol. The first-order chi connectivity index (χ1) is 12.2. The quantitative estimate of drug-likeness (QED) is 0.334. The summed E-state index contributed by atoms with van der Waals surface area (Å²) in [5, 5.41) is 6.73. The van der Waals surface area contributed by atoms with Crippen molar-refractivity contribution in [2.24, 2.45) is 4.99 Å². The molecule has 1 unspecified atom stereocenters. The average Bonchev–Trinajstić information content (AvgIpc) is 2.63. The molecule has 1 rings (SSSR count). The van der Waals surface area contributed by atoms with Gasteiger partial charge in [-0.3, -0.25) is 4.79 Å². The zero-order valence-electron chi connectivity index (χ0n) is 17.6. The van der Waals surface area contributed by atoms with Gasteiger partial charge in [0.1, 0.15) is 12.3 Å². The van der Waals surface area contributed by atoms with Crippen LogP contribution >= 0.6 is 24.0 Å². The summed E-state index contributed by atoms with van der Waals surface area (Å²) in [5.41, 5.74) is 1.05. The Bertz CT molecular complexity index is 618. The maximum absolute atomic E-state index is 11.8. The molecular formula is C20H35IN4O2. The van der Waals surface area contributed by atoms with Gasteiger partial charge in [0.25, 0.3) is 0 Å². The smallest absolute Gasteiger partial charge is 0.243 e. The Morgan fingerprint density at radius 2 is 2.00 bits per heavy atom. The van der Waals surface area contributed by atoms with E-state index >= 15 is 0 Å². The van der Waals surface area contributed by atoms with Gasteiger partial charge in [0.15, 0.2) is 5.96 Å². The molecule has 0 aliphatic heterocycles. The van der Waals surface area contributed by atoms with Gasteiger partial charge in [-0.1, -0.05) is 32.9 Å². The van der Waals surface area contributed by atoms with Crippen molar-refractivity contribution in [3.8, 4) is 5.75 Å². The fraction of sp³-hybridized carbons (Fsp3) is 0.600. The van der Waals surface area contributed by atoms with Gasteiger partial charge in [-0.25, -0.2) is 4.99 Å². The number of hydrogen-bond donors (Lipinski definition) is 2. The lowest BCUT2D eigenvalue weighted by Gasteiger charge is -2.28. The van der Waals surface area contributed by atoms with Crippen molar-refractivity contribution in [3.05, 3.63) is 29.8 Å². The van der Waals surface area contributed by atoms with Crippen LogP contribution in [0.5, 0.6) is 5.75 Å². The predicted molar refractivity (Wildman–Crippen MR) is 123 cm³/mol. The summed E-state index contributed by atoms with van der Waals surface area (Å²) in [5.74, 6) is 1.48. The number of nitrogens with zero attached hydrogens (tertiary/aromatic N) is 2. The largest absolute Gasteiger partial charge is 0.497 e. The van der Waals surface area contributed by atoms with Crippen LogP contribution in [0.3, 0.4) is 0 Å². The number of amides is 1.